The van der Waals surface area contributed by atoms with E-state index in [0.29, 0.717) is 17.5 Å². The van der Waals surface area contributed by atoms with Crippen LogP contribution in [0.15, 0.2) is 36.4 Å². The number of nitrogens with zero attached hydrogens (tertiary/aromatic N) is 1. The zero-order chi connectivity index (χ0) is 14.4. The molecule has 0 aromatic heterocycles. The molecule has 0 bridgehead atoms. The molecule has 2 aromatic carbocycles. The van der Waals surface area contributed by atoms with Crippen LogP contribution in [0.4, 0.5) is 0 Å². The highest BCUT2D eigenvalue weighted by Gasteiger charge is 2.28. The lowest BCUT2D eigenvalue weighted by atomic mass is 9.91. The third kappa shape index (κ3) is 2.61. The van der Waals surface area contributed by atoms with Gasteiger partial charge in [0.05, 0.1) is 0 Å². The fraction of sp³-hybridized carbons (Fsp3) is 0.333. The topological polar surface area (TPSA) is 43.7 Å². The maximum atomic E-state index is 9.81. The van der Waals surface area contributed by atoms with Crippen molar-refractivity contribution in [3.8, 4) is 22.6 Å². The van der Waals surface area contributed by atoms with E-state index >= 15 is 0 Å². The Balaban J connectivity index is 0.00000144. The summed E-state index contributed by atoms with van der Waals surface area (Å²) < 4.78 is 0. The van der Waals surface area contributed by atoms with Gasteiger partial charge in [0.1, 0.15) is 11.5 Å². The minimum atomic E-state index is 0. The van der Waals surface area contributed by atoms with Crippen molar-refractivity contribution in [3.63, 3.8) is 0 Å². The Labute approximate surface area is 141 Å². The minimum Gasteiger partial charge on any atom is -0.508 e. The van der Waals surface area contributed by atoms with Gasteiger partial charge < -0.3 is 10.2 Å². The predicted octanol–water partition coefficient (Wildman–Crippen LogP) is 4.21. The summed E-state index contributed by atoms with van der Waals surface area (Å²) in [6.45, 7) is 1.73. The smallest absolute Gasteiger partial charge is 0.115 e. The lowest BCUT2D eigenvalue weighted by molar-refractivity contribution is 0.113. The molecule has 0 amide bonds. The monoisotopic (exact) mass is 361 g/mol. The van der Waals surface area contributed by atoms with Gasteiger partial charge in [-0.2, -0.15) is 0 Å². The van der Waals surface area contributed by atoms with Gasteiger partial charge in [0, 0.05) is 19.1 Å². The molecule has 1 aliphatic heterocycles. The van der Waals surface area contributed by atoms with Gasteiger partial charge in [0.15, 0.2) is 0 Å². The number of phenolic OH excluding ortho intramolecular Hbond substituents is 2. The molecule has 4 rings (SSSR count). The van der Waals surface area contributed by atoms with E-state index in [1.54, 1.807) is 12.1 Å². The van der Waals surface area contributed by atoms with Gasteiger partial charge in [0.25, 0.3) is 0 Å². The van der Waals surface area contributed by atoms with Crippen LogP contribution >= 0.6 is 17.0 Å². The van der Waals surface area contributed by atoms with Crippen LogP contribution in [0.5, 0.6) is 11.5 Å². The van der Waals surface area contributed by atoms with E-state index in [9.17, 15) is 10.2 Å². The molecule has 0 unspecified atom stereocenters. The lowest BCUT2D eigenvalue weighted by Crippen LogP contribution is -2.38. The van der Waals surface area contributed by atoms with Gasteiger partial charge in [0.2, 0.25) is 0 Å². The van der Waals surface area contributed by atoms with Crippen LogP contribution in [-0.4, -0.2) is 21.2 Å². The maximum Gasteiger partial charge on any atom is 0.115 e. The van der Waals surface area contributed by atoms with Gasteiger partial charge in [-0.05, 0) is 59.4 Å². The van der Waals surface area contributed by atoms with Crippen molar-refractivity contribution in [1.82, 2.24) is 4.90 Å². The Hall–Kier alpha value is -1.52. The Morgan fingerprint density at radius 3 is 1.73 bits per heavy atom. The third-order valence-corrected chi connectivity index (χ3v) is 4.81. The first kappa shape index (κ1) is 15.4. The Kier molecular flexibility index (Phi) is 4.15. The molecule has 2 aromatic rings. The number of fused-ring (bicyclic) bond motifs is 3. The van der Waals surface area contributed by atoms with E-state index in [4.69, 9.17) is 0 Å². The quantitative estimate of drug-likeness (QED) is 0.799. The normalized spacial score (nSPS) is 17.6. The number of hydrogen-bond acceptors (Lipinski definition) is 3. The van der Waals surface area contributed by atoms with E-state index < -0.39 is 0 Å². The molecule has 0 atom stereocenters. The third-order valence-electron chi connectivity index (χ3n) is 4.81. The standard InChI is InChI=1S/C18H19NO2.BrH/c20-15-4-6-17-12(8-15)10-19(14-2-1-3-14)11-13-9-16(21)5-7-18(13)17;/h4-9,14,20-21H,1-3,10-11H2;1H. The molecule has 2 N–H and O–H groups in total. The van der Waals surface area contributed by atoms with Crippen LogP contribution in [0, 0.1) is 0 Å². The second-order valence-electron chi connectivity index (χ2n) is 6.17. The average Bonchev–Trinajstić information content (AvgIpc) is 2.52. The SMILES string of the molecule is Br.Oc1ccc2c(c1)CN(C1CCC1)Cc1cc(O)ccc1-2. The van der Waals surface area contributed by atoms with Gasteiger partial charge in [-0.1, -0.05) is 18.6 Å². The Bertz CT molecular complexity index is 644. The number of aromatic hydroxyl groups is 2. The van der Waals surface area contributed by atoms with Crippen molar-refractivity contribution in [1.29, 1.82) is 0 Å². The molecule has 1 heterocycles. The number of halogens is 1. The summed E-state index contributed by atoms with van der Waals surface area (Å²) in [6, 6.07) is 11.9. The molecule has 0 spiro atoms. The van der Waals surface area contributed by atoms with Crippen LogP contribution in [0.25, 0.3) is 11.1 Å². The van der Waals surface area contributed by atoms with Gasteiger partial charge in [-0.15, -0.1) is 17.0 Å². The van der Waals surface area contributed by atoms with Crippen LogP contribution in [0.3, 0.4) is 0 Å². The molecule has 1 aliphatic carbocycles. The van der Waals surface area contributed by atoms with Crippen molar-refractivity contribution < 1.29 is 10.2 Å². The fourth-order valence-electron chi connectivity index (χ4n) is 3.45. The molecule has 3 nitrogen and oxygen atoms in total. The van der Waals surface area contributed by atoms with Crippen molar-refractivity contribution in [2.45, 2.75) is 38.4 Å². The summed E-state index contributed by atoms with van der Waals surface area (Å²) in [5, 5.41) is 19.6. The van der Waals surface area contributed by atoms with Crippen LogP contribution in [-0.2, 0) is 13.1 Å². The van der Waals surface area contributed by atoms with Gasteiger partial charge in [-0.25, -0.2) is 0 Å². The molecule has 1 saturated carbocycles. The number of benzene rings is 2. The largest absolute Gasteiger partial charge is 0.508 e. The second kappa shape index (κ2) is 5.94. The van der Waals surface area contributed by atoms with Crippen molar-refractivity contribution in [2.24, 2.45) is 0 Å². The van der Waals surface area contributed by atoms with Crippen molar-refractivity contribution in [3.05, 3.63) is 47.5 Å². The minimum absolute atomic E-state index is 0. The lowest BCUT2D eigenvalue weighted by Gasteiger charge is -2.37. The number of rotatable bonds is 1. The fourth-order valence-corrected chi connectivity index (χ4v) is 3.45. The van der Waals surface area contributed by atoms with Crippen molar-refractivity contribution >= 4 is 17.0 Å². The highest BCUT2D eigenvalue weighted by atomic mass is 79.9. The van der Waals surface area contributed by atoms with E-state index in [1.807, 2.05) is 24.3 Å². The molecule has 116 valence electrons. The summed E-state index contributed by atoms with van der Waals surface area (Å²) in [6.07, 6.45) is 3.81. The molecular formula is C18H20BrNO2. The first-order chi connectivity index (χ1) is 10.2. The summed E-state index contributed by atoms with van der Waals surface area (Å²) >= 11 is 0. The molecule has 22 heavy (non-hydrogen) atoms. The average molecular weight is 362 g/mol. The molecule has 0 saturated heterocycles. The first-order valence-corrected chi connectivity index (χ1v) is 7.59. The van der Waals surface area contributed by atoms with E-state index in [1.165, 1.54) is 41.5 Å². The summed E-state index contributed by atoms with van der Waals surface area (Å²) in [4.78, 5) is 2.48. The zero-order valence-corrected chi connectivity index (χ0v) is 14.0. The number of phenols is 2. The highest BCUT2D eigenvalue weighted by molar-refractivity contribution is 8.93. The molecule has 1 fully saturated rings. The van der Waals surface area contributed by atoms with Gasteiger partial charge >= 0.3 is 0 Å². The molecule has 4 heteroatoms. The van der Waals surface area contributed by atoms with Crippen LogP contribution in [0.2, 0.25) is 0 Å². The van der Waals surface area contributed by atoms with E-state index in [2.05, 4.69) is 4.90 Å². The Morgan fingerprint density at radius 1 is 0.818 bits per heavy atom. The van der Waals surface area contributed by atoms with Crippen LogP contribution < -0.4 is 0 Å². The summed E-state index contributed by atoms with van der Waals surface area (Å²) in [7, 11) is 0. The van der Waals surface area contributed by atoms with Crippen molar-refractivity contribution in [2.75, 3.05) is 0 Å². The summed E-state index contributed by atoms with van der Waals surface area (Å²) in [5.74, 6) is 0.647. The zero-order valence-electron chi connectivity index (χ0n) is 12.3. The second-order valence-corrected chi connectivity index (χ2v) is 6.17. The first-order valence-electron chi connectivity index (χ1n) is 7.59. The van der Waals surface area contributed by atoms with E-state index in [-0.39, 0.29) is 17.0 Å². The maximum absolute atomic E-state index is 9.81. The molecular weight excluding hydrogens is 342 g/mol. The Morgan fingerprint density at radius 2 is 1.32 bits per heavy atom. The highest BCUT2D eigenvalue weighted by Crippen LogP contribution is 2.38. The van der Waals surface area contributed by atoms with E-state index in [0.717, 1.165) is 13.1 Å². The summed E-state index contributed by atoms with van der Waals surface area (Å²) in [5.41, 5.74) is 4.69. The number of hydrogen-bond donors (Lipinski definition) is 2. The van der Waals surface area contributed by atoms with Crippen LogP contribution in [0.1, 0.15) is 30.4 Å². The molecule has 2 aliphatic rings. The van der Waals surface area contributed by atoms with Gasteiger partial charge in [-0.3, -0.25) is 4.90 Å². The molecule has 0 radical (unpaired) electrons. The predicted molar refractivity (Wildman–Crippen MR) is 92.4 cm³/mol.